The van der Waals surface area contributed by atoms with Gasteiger partial charge in [0.1, 0.15) is 60.1 Å². The minimum Gasteiger partial charge on any atom is -0.508 e. The molecule has 80 heavy (non-hydrogen) atoms. The number of phenols is 1. The number of aliphatic hydroxyl groups is 3. The molecule has 1 aromatic carbocycles. The van der Waals surface area contributed by atoms with E-state index in [0.717, 1.165) is 0 Å². The molecule has 1 aliphatic rings. The molecule has 0 aliphatic carbocycles. The van der Waals surface area contributed by atoms with Crippen molar-refractivity contribution in [2.75, 3.05) is 26.2 Å². The van der Waals surface area contributed by atoms with E-state index in [2.05, 4.69) is 52.5 Å². The van der Waals surface area contributed by atoms with Crippen LogP contribution in [0.1, 0.15) is 90.3 Å². The average molecular weight is 1130 g/mol. The number of likely N-dealkylation sites (tertiary alicyclic amines) is 1. The number of H-pyrrole nitrogens is 1. The van der Waals surface area contributed by atoms with Crippen LogP contribution in [0.3, 0.4) is 0 Å². The molecule has 1 saturated heterocycles. The van der Waals surface area contributed by atoms with Crippen molar-refractivity contribution in [3.05, 3.63) is 48.0 Å². The molecule has 0 saturated carbocycles. The molecule has 30 nitrogen and oxygen atoms in total. The number of aromatic amines is 1. The summed E-state index contributed by atoms with van der Waals surface area (Å²) < 4.78 is 0. The second-order valence-corrected chi connectivity index (χ2v) is 19.9. The first kappa shape index (κ1) is 66.5. The number of aromatic nitrogens is 2. The Labute approximate surface area is 461 Å². The number of carboxylic acid groups (broad SMARTS) is 1. The highest BCUT2D eigenvalue weighted by molar-refractivity contribution is 5.98. The number of imidazole rings is 1. The van der Waals surface area contributed by atoms with Crippen LogP contribution in [0.4, 0.5) is 0 Å². The highest BCUT2D eigenvalue weighted by atomic mass is 16.4. The number of nitrogens with zero attached hydrogens (tertiary/aromatic N) is 2. The predicted octanol–water partition coefficient (Wildman–Crippen LogP) is -5.99. The Hall–Kier alpha value is -7.80. The summed E-state index contributed by atoms with van der Waals surface area (Å²) in [4.78, 5) is 154. The van der Waals surface area contributed by atoms with Gasteiger partial charge in [0.25, 0.3) is 0 Å². The summed E-state index contributed by atoms with van der Waals surface area (Å²) in [5.74, 6) is -10.9. The Balaban J connectivity index is 1.77. The number of hydrogen-bond donors (Lipinski definition) is 17. The van der Waals surface area contributed by atoms with Crippen molar-refractivity contribution in [1.29, 1.82) is 0 Å². The Bertz CT molecular complexity index is 2430. The second-order valence-electron chi connectivity index (χ2n) is 19.9. The largest absolute Gasteiger partial charge is 0.508 e. The minimum atomic E-state index is -1.70. The lowest BCUT2D eigenvalue weighted by Gasteiger charge is -2.31. The Morgan fingerprint density at radius 3 is 1.91 bits per heavy atom. The first-order chi connectivity index (χ1) is 37.8. The lowest BCUT2D eigenvalue weighted by atomic mass is 10.0. The molecule has 2 aromatic rings. The predicted molar refractivity (Wildman–Crippen MR) is 282 cm³/mol. The highest BCUT2D eigenvalue weighted by Gasteiger charge is 2.41. The number of carbonyl (C=O) groups is 11. The molecule has 3 rings (SSSR count). The summed E-state index contributed by atoms with van der Waals surface area (Å²) in [6.07, 6.45) is -0.0249. The van der Waals surface area contributed by atoms with Crippen LogP contribution in [0.25, 0.3) is 0 Å². The standard InChI is InChI=1S/C50H78N14O16/c1-25(2)18-35(49(78)64-17-7-9-37(64)46(75)58-31(14-15-38(52)69)43(72)59-32(50(79)80)8-5-6-16-51)62-45(74)36(23-65)57-39(70)22-55-42(71)33(19-28-10-12-30(68)13-11-28)60-44(73)34(20-29-21-54-24-56-29)61-48(77)41(27(4)67)63-47(76)40(53)26(3)66/h10-13,21,24-27,31-37,40-41,65-68H,5-9,14-20,22-23,51,53H2,1-4H3,(H2,52,69)(H,54,56)(H,55,71)(H,57,70)(H,58,75)(H,59,72)(H,60,73)(H,61,77)(H,62,74)(H,63,76)(H,79,80)/t26-,27-,31+,32+,33+,34+,35+,36+,37+,40+,41+/m1/s1. The number of amides is 10. The maximum absolute atomic E-state index is 14.2. The van der Waals surface area contributed by atoms with Gasteiger partial charge in [-0.25, -0.2) is 9.78 Å². The van der Waals surface area contributed by atoms with Gasteiger partial charge in [-0.15, -0.1) is 0 Å². The fourth-order valence-electron chi connectivity index (χ4n) is 8.35. The van der Waals surface area contributed by atoms with Gasteiger partial charge in [0, 0.05) is 37.7 Å². The van der Waals surface area contributed by atoms with Crippen molar-refractivity contribution >= 4 is 65.0 Å². The average Bonchev–Trinajstić information content (AvgIpc) is 4.12. The summed E-state index contributed by atoms with van der Waals surface area (Å²) in [5, 5.41) is 69.4. The molecule has 444 valence electrons. The second kappa shape index (κ2) is 32.9. The van der Waals surface area contributed by atoms with Crippen LogP contribution in [0.2, 0.25) is 0 Å². The maximum Gasteiger partial charge on any atom is 0.326 e. The number of rotatable bonds is 34. The lowest BCUT2D eigenvalue weighted by Crippen LogP contribution is -2.61. The van der Waals surface area contributed by atoms with Crippen LogP contribution in [0, 0.1) is 5.92 Å². The van der Waals surface area contributed by atoms with E-state index >= 15 is 0 Å². The fraction of sp³-hybridized carbons (Fsp3) is 0.600. The summed E-state index contributed by atoms with van der Waals surface area (Å²) in [5.41, 5.74) is 17.3. The normalized spacial score (nSPS) is 16.9. The van der Waals surface area contributed by atoms with E-state index in [1.165, 1.54) is 55.5 Å². The zero-order valence-electron chi connectivity index (χ0n) is 45.1. The third kappa shape index (κ3) is 21.8. The van der Waals surface area contributed by atoms with Crippen LogP contribution >= 0.6 is 0 Å². The van der Waals surface area contributed by atoms with Crippen molar-refractivity contribution in [3.63, 3.8) is 0 Å². The van der Waals surface area contributed by atoms with Gasteiger partial charge in [0.2, 0.25) is 59.1 Å². The van der Waals surface area contributed by atoms with Gasteiger partial charge < -0.3 is 95.2 Å². The Kier molecular flexibility index (Phi) is 27.4. The molecule has 0 bridgehead atoms. The van der Waals surface area contributed by atoms with E-state index in [1.807, 2.05) is 0 Å². The summed E-state index contributed by atoms with van der Waals surface area (Å²) in [6.45, 7) is 4.41. The summed E-state index contributed by atoms with van der Waals surface area (Å²) in [7, 11) is 0. The first-order valence-electron chi connectivity index (χ1n) is 26.1. The Morgan fingerprint density at radius 2 is 1.34 bits per heavy atom. The van der Waals surface area contributed by atoms with Crippen LogP contribution in [0.5, 0.6) is 5.75 Å². The van der Waals surface area contributed by atoms with Crippen LogP contribution < -0.4 is 59.7 Å². The molecule has 1 aliphatic heterocycles. The molecular formula is C50H78N14O16. The topological polar surface area (TPSA) is 495 Å². The zero-order chi connectivity index (χ0) is 59.8. The molecule has 0 spiro atoms. The minimum absolute atomic E-state index is 0.0128. The van der Waals surface area contributed by atoms with E-state index in [4.69, 9.17) is 17.2 Å². The van der Waals surface area contributed by atoms with E-state index < -0.39 is 145 Å². The lowest BCUT2D eigenvalue weighted by molar-refractivity contribution is -0.144. The molecule has 11 atom stereocenters. The van der Waals surface area contributed by atoms with Crippen LogP contribution in [0.15, 0.2) is 36.8 Å². The maximum atomic E-state index is 14.2. The zero-order valence-corrected chi connectivity index (χ0v) is 45.1. The number of nitrogens with one attached hydrogen (secondary N) is 9. The van der Waals surface area contributed by atoms with Gasteiger partial charge in [-0.05, 0) is 89.0 Å². The third-order valence-electron chi connectivity index (χ3n) is 12.8. The number of phenolic OH excluding ortho intramolecular Hbond substituents is 1. The van der Waals surface area contributed by atoms with E-state index in [9.17, 15) is 78.3 Å². The number of aliphatic hydroxyl groups excluding tert-OH is 3. The van der Waals surface area contributed by atoms with Crippen molar-refractivity contribution in [2.24, 2.45) is 23.1 Å². The van der Waals surface area contributed by atoms with Gasteiger partial charge in [-0.1, -0.05) is 26.0 Å². The number of hydrogen-bond acceptors (Lipinski definition) is 18. The highest BCUT2D eigenvalue weighted by Crippen LogP contribution is 2.22. The van der Waals surface area contributed by atoms with Crippen molar-refractivity contribution in [2.45, 2.75) is 158 Å². The number of aromatic hydroxyl groups is 1. The number of aliphatic carboxylic acids is 1. The molecule has 10 amide bonds. The molecule has 0 radical (unpaired) electrons. The molecule has 30 heteroatoms. The van der Waals surface area contributed by atoms with Gasteiger partial charge in [0.05, 0.1) is 31.7 Å². The van der Waals surface area contributed by atoms with Crippen LogP contribution in [-0.2, 0) is 65.6 Å². The SMILES string of the molecule is CC(C)C[C@H](NC(=O)[C@H](CO)NC(=O)CNC(=O)[C@H](Cc1ccc(O)cc1)NC(=O)[C@H](Cc1cnc[nH]1)NC(=O)[C@@H](NC(=O)[C@@H](N)[C@@H](C)O)[C@@H](C)O)C(=O)N1CCC[C@H]1C(=O)N[C@@H](CCC(N)=O)C(=O)N[C@@H](CCCCN)C(=O)O. The molecule has 0 unspecified atom stereocenters. The van der Waals surface area contributed by atoms with Crippen molar-refractivity contribution < 1.29 is 78.3 Å². The molecule has 2 heterocycles. The summed E-state index contributed by atoms with van der Waals surface area (Å²) in [6, 6.07) is -7.61. The van der Waals surface area contributed by atoms with Gasteiger partial charge in [0.15, 0.2) is 0 Å². The number of carbonyl (C=O) groups excluding carboxylic acids is 10. The van der Waals surface area contributed by atoms with Crippen molar-refractivity contribution in [1.82, 2.24) is 57.4 Å². The number of primary amides is 1. The van der Waals surface area contributed by atoms with Gasteiger partial charge in [-0.3, -0.25) is 47.9 Å². The fourth-order valence-corrected chi connectivity index (χ4v) is 8.35. The molecule has 20 N–H and O–H groups in total. The molecule has 1 fully saturated rings. The summed E-state index contributed by atoms with van der Waals surface area (Å²) >= 11 is 0. The first-order valence-corrected chi connectivity index (χ1v) is 26.1. The van der Waals surface area contributed by atoms with E-state index in [1.54, 1.807) is 13.8 Å². The van der Waals surface area contributed by atoms with Crippen LogP contribution in [-0.4, -0.2) is 198 Å². The molecule has 1 aromatic heterocycles. The Morgan fingerprint density at radius 1 is 0.725 bits per heavy atom. The van der Waals surface area contributed by atoms with Gasteiger partial charge in [-0.2, -0.15) is 0 Å². The number of unbranched alkanes of at least 4 members (excludes halogenated alkanes) is 1. The monoisotopic (exact) mass is 1130 g/mol. The van der Waals surface area contributed by atoms with Crippen molar-refractivity contribution in [3.8, 4) is 5.75 Å². The van der Waals surface area contributed by atoms with Gasteiger partial charge >= 0.3 is 5.97 Å². The van der Waals surface area contributed by atoms with E-state index in [-0.39, 0.29) is 63.2 Å². The van der Waals surface area contributed by atoms with E-state index in [0.29, 0.717) is 37.1 Å². The number of benzene rings is 1. The smallest absolute Gasteiger partial charge is 0.326 e. The number of nitrogens with two attached hydrogens (primary N) is 3. The number of carboxylic acids is 1. The third-order valence-corrected chi connectivity index (χ3v) is 12.8. The molecular weight excluding hydrogens is 1050 g/mol. The quantitative estimate of drug-likeness (QED) is 0.0290.